The number of carbonyl (C=O) groups is 3. The lowest BCUT2D eigenvalue weighted by atomic mass is 10.4. The van der Waals surface area contributed by atoms with Crippen molar-refractivity contribution in [2.75, 3.05) is 38.7 Å². The zero-order valence-corrected chi connectivity index (χ0v) is 11.1. The van der Waals surface area contributed by atoms with Gasteiger partial charge in [-0.15, -0.1) is 11.8 Å². The van der Waals surface area contributed by atoms with Gasteiger partial charge in [0, 0.05) is 20.6 Å². The maximum Gasteiger partial charge on any atom is 0.313 e. The molecule has 0 bridgehead atoms. The molecule has 0 aliphatic rings. The number of carbonyl (C=O) groups excluding carboxylic acids is 2. The van der Waals surface area contributed by atoms with E-state index in [0.29, 0.717) is 6.54 Å². The van der Waals surface area contributed by atoms with E-state index in [-0.39, 0.29) is 29.9 Å². The summed E-state index contributed by atoms with van der Waals surface area (Å²) < 4.78 is 0. The Balaban J connectivity index is 4.12. The van der Waals surface area contributed by atoms with Crippen LogP contribution in [0.4, 0.5) is 0 Å². The van der Waals surface area contributed by atoms with Crippen LogP contribution in [0.15, 0.2) is 0 Å². The van der Waals surface area contributed by atoms with Gasteiger partial charge in [-0.1, -0.05) is 0 Å². The van der Waals surface area contributed by atoms with Crippen molar-refractivity contribution in [3.63, 3.8) is 0 Å². The number of thioether (sulfide) groups is 1. The number of carboxylic acids is 1. The van der Waals surface area contributed by atoms with Crippen LogP contribution in [0.5, 0.6) is 0 Å². The highest BCUT2D eigenvalue weighted by molar-refractivity contribution is 8.00. The molecule has 0 heterocycles. The molecule has 0 aliphatic heterocycles. The van der Waals surface area contributed by atoms with Gasteiger partial charge >= 0.3 is 5.97 Å². The highest BCUT2D eigenvalue weighted by atomic mass is 32.2. The van der Waals surface area contributed by atoms with E-state index in [1.807, 2.05) is 0 Å². The minimum atomic E-state index is -0.949. The SMILES string of the molecule is CCN(CC(=O)N(C)C)C(=O)CSCC(=O)O. The van der Waals surface area contributed by atoms with Gasteiger partial charge in [0.2, 0.25) is 11.8 Å². The Morgan fingerprint density at radius 1 is 1.12 bits per heavy atom. The molecule has 0 unspecified atom stereocenters. The van der Waals surface area contributed by atoms with E-state index >= 15 is 0 Å². The molecule has 0 aromatic carbocycles. The maximum absolute atomic E-state index is 11.7. The van der Waals surface area contributed by atoms with Crippen molar-refractivity contribution in [3.05, 3.63) is 0 Å². The molecule has 6 nitrogen and oxygen atoms in total. The molecule has 0 aromatic heterocycles. The van der Waals surface area contributed by atoms with Gasteiger partial charge in [-0.2, -0.15) is 0 Å². The normalized spacial score (nSPS) is 9.82. The molecule has 0 radical (unpaired) electrons. The Morgan fingerprint density at radius 3 is 2.12 bits per heavy atom. The average Bonchev–Trinajstić information content (AvgIpc) is 2.24. The molecule has 0 saturated carbocycles. The van der Waals surface area contributed by atoms with Crippen LogP contribution in [0.2, 0.25) is 0 Å². The second-order valence-corrected chi connectivity index (χ2v) is 4.57. The summed E-state index contributed by atoms with van der Waals surface area (Å²) in [6.07, 6.45) is 0. The summed E-state index contributed by atoms with van der Waals surface area (Å²) in [5, 5.41) is 8.43. The predicted molar refractivity (Wildman–Crippen MR) is 65.9 cm³/mol. The number of hydrogen-bond acceptors (Lipinski definition) is 4. The van der Waals surface area contributed by atoms with Crippen LogP contribution >= 0.6 is 11.8 Å². The number of amides is 2. The molecule has 0 rings (SSSR count). The molecule has 17 heavy (non-hydrogen) atoms. The quantitative estimate of drug-likeness (QED) is 0.684. The molecule has 0 spiro atoms. The topological polar surface area (TPSA) is 77.9 Å². The lowest BCUT2D eigenvalue weighted by Gasteiger charge is -2.22. The number of likely N-dealkylation sites (N-methyl/N-ethyl adjacent to an activating group) is 2. The van der Waals surface area contributed by atoms with E-state index in [1.165, 1.54) is 9.80 Å². The lowest BCUT2D eigenvalue weighted by Crippen LogP contribution is -2.41. The third-order valence-corrected chi connectivity index (χ3v) is 2.91. The Labute approximate surface area is 105 Å². The first-order valence-electron chi connectivity index (χ1n) is 5.16. The Hall–Kier alpha value is -1.24. The van der Waals surface area contributed by atoms with E-state index < -0.39 is 5.97 Å². The van der Waals surface area contributed by atoms with E-state index in [9.17, 15) is 14.4 Å². The smallest absolute Gasteiger partial charge is 0.313 e. The van der Waals surface area contributed by atoms with E-state index in [1.54, 1.807) is 21.0 Å². The molecular weight excluding hydrogens is 244 g/mol. The third-order valence-electron chi connectivity index (χ3n) is 2.01. The molecular formula is C10H18N2O4S. The molecule has 98 valence electrons. The molecule has 0 atom stereocenters. The van der Waals surface area contributed by atoms with Gasteiger partial charge in [-0.25, -0.2) is 0 Å². The van der Waals surface area contributed by atoms with Crippen LogP contribution in [-0.2, 0) is 14.4 Å². The number of nitrogens with zero attached hydrogens (tertiary/aromatic N) is 2. The van der Waals surface area contributed by atoms with Gasteiger partial charge in [0.1, 0.15) is 0 Å². The third kappa shape index (κ3) is 6.83. The van der Waals surface area contributed by atoms with E-state index in [4.69, 9.17) is 5.11 Å². The van der Waals surface area contributed by atoms with Crippen LogP contribution in [0, 0.1) is 0 Å². The minimum Gasteiger partial charge on any atom is -0.481 e. The largest absolute Gasteiger partial charge is 0.481 e. The molecule has 0 saturated heterocycles. The van der Waals surface area contributed by atoms with Gasteiger partial charge in [-0.05, 0) is 6.92 Å². The summed E-state index contributed by atoms with van der Waals surface area (Å²) in [6.45, 7) is 2.25. The van der Waals surface area contributed by atoms with Crippen LogP contribution in [0.3, 0.4) is 0 Å². The van der Waals surface area contributed by atoms with Gasteiger partial charge in [0.05, 0.1) is 18.1 Å². The van der Waals surface area contributed by atoms with Crippen LogP contribution in [0.25, 0.3) is 0 Å². The second-order valence-electron chi connectivity index (χ2n) is 3.58. The summed E-state index contributed by atoms with van der Waals surface area (Å²) in [4.78, 5) is 36.2. The molecule has 0 fully saturated rings. The Morgan fingerprint density at radius 2 is 1.71 bits per heavy atom. The first kappa shape index (κ1) is 15.8. The first-order valence-corrected chi connectivity index (χ1v) is 6.31. The van der Waals surface area contributed by atoms with Crippen molar-refractivity contribution in [1.29, 1.82) is 0 Å². The number of aliphatic carboxylic acids is 1. The van der Waals surface area contributed by atoms with Gasteiger partial charge in [-0.3, -0.25) is 14.4 Å². The molecule has 2 amide bonds. The van der Waals surface area contributed by atoms with E-state index in [2.05, 4.69) is 0 Å². The number of carboxylic acid groups (broad SMARTS) is 1. The standard InChI is InChI=1S/C10H18N2O4S/c1-4-12(5-8(13)11(2)3)9(14)6-17-7-10(15)16/h4-7H2,1-3H3,(H,15,16). The predicted octanol–water partition coefficient (Wildman–Crippen LogP) is -0.259. The van der Waals surface area contributed by atoms with Crippen LogP contribution < -0.4 is 0 Å². The summed E-state index contributed by atoms with van der Waals surface area (Å²) >= 11 is 1.03. The Bertz CT molecular complexity index is 294. The highest BCUT2D eigenvalue weighted by Crippen LogP contribution is 2.03. The monoisotopic (exact) mass is 262 g/mol. The summed E-state index contributed by atoms with van der Waals surface area (Å²) in [6, 6.07) is 0. The van der Waals surface area contributed by atoms with Crippen molar-refractivity contribution in [1.82, 2.24) is 9.80 Å². The van der Waals surface area contributed by atoms with Crippen LogP contribution in [-0.4, -0.2) is 71.4 Å². The first-order chi connectivity index (χ1) is 7.88. The summed E-state index contributed by atoms with van der Waals surface area (Å²) in [7, 11) is 3.25. The summed E-state index contributed by atoms with van der Waals surface area (Å²) in [5.41, 5.74) is 0. The van der Waals surface area contributed by atoms with E-state index in [0.717, 1.165) is 11.8 Å². The van der Waals surface area contributed by atoms with Gasteiger partial charge in [0.15, 0.2) is 0 Å². The van der Waals surface area contributed by atoms with Gasteiger partial charge in [0.25, 0.3) is 0 Å². The molecule has 0 aliphatic carbocycles. The van der Waals surface area contributed by atoms with Gasteiger partial charge < -0.3 is 14.9 Å². The minimum absolute atomic E-state index is 0.0377. The van der Waals surface area contributed by atoms with Crippen molar-refractivity contribution in [3.8, 4) is 0 Å². The summed E-state index contributed by atoms with van der Waals surface area (Å²) in [5.74, 6) is -1.33. The van der Waals surface area contributed by atoms with Crippen molar-refractivity contribution >= 4 is 29.5 Å². The zero-order chi connectivity index (χ0) is 13.4. The highest BCUT2D eigenvalue weighted by Gasteiger charge is 2.16. The Kier molecular flexibility index (Phi) is 7.36. The average molecular weight is 262 g/mol. The lowest BCUT2D eigenvalue weighted by molar-refractivity contribution is -0.137. The number of rotatable bonds is 7. The maximum atomic E-state index is 11.7. The second kappa shape index (κ2) is 7.94. The molecule has 0 aromatic rings. The number of hydrogen-bond donors (Lipinski definition) is 1. The fourth-order valence-electron chi connectivity index (χ4n) is 0.998. The van der Waals surface area contributed by atoms with Crippen molar-refractivity contribution in [2.45, 2.75) is 6.92 Å². The van der Waals surface area contributed by atoms with Crippen molar-refractivity contribution in [2.24, 2.45) is 0 Å². The molecule has 7 heteroatoms. The fraction of sp³-hybridized carbons (Fsp3) is 0.700. The van der Waals surface area contributed by atoms with Crippen LogP contribution in [0.1, 0.15) is 6.92 Å². The van der Waals surface area contributed by atoms with Crippen molar-refractivity contribution < 1.29 is 19.5 Å². The molecule has 1 N–H and O–H groups in total. The fourth-order valence-corrected chi connectivity index (χ4v) is 1.63. The zero-order valence-electron chi connectivity index (χ0n) is 10.3.